The van der Waals surface area contributed by atoms with Crippen molar-refractivity contribution >= 4 is 17.7 Å². The van der Waals surface area contributed by atoms with Gasteiger partial charge in [-0.2, -0.15) is 0 Å². The first-order valence-electron chi connectivity index (χ1n) is 5.04. The second kappa shape index (κ2) is 5.69. The van der Waals surface area contributed by atoms with Gasteiger partial charge in [0.25, 0.3) is 0 Å². The highest BCUT2D eigenvalue weighted by Gasteiger charge is 2.11. The molecule has 1 aromatic rings. The van der Waals surface area contributed by atoms with Crippen LogP contribution in [0.4, 0.5) is 10.5 Å². The van der Waals surface area contributed by atoms with Crippen LogP contribution in [-0.2, 0) is 0 Å². The van der Waals surface area contributed by atoms with Gasteiger partial charge >= 0.3 is 12.0 Å². The van der Waals surface area contributed by atoms with Gasteiger partial charge < -0.3 is 15.7 Å². The van der Waals surface area contributed by atoms with Gasteiger partial charge in [-0.1, -0.05) is 17.7 Å². The Labute approximate surface area is 99.1 Å². The molecule has 90 valence electrons. The van der Waals surface area contributed by atoms with Gasteiger partial charge in [-0.05, 0) is 19.1 Å². The largest absolute Gasteiger partial charge is 0.478 e. The zero-order valence-electron chi connectivity index (χ0n) is 9.49. The van der Waals surface area contributed by atoms with Gasteiger partial charge in [0.2, 0.25) is 0 Å². The molecule has 0 unspecified atom stereocenters. The Bertz CT molecular complexity index is 455. The lowest BCUT2D eigenvalue weighted by molar-refractivity contribution is 0.0698. The minimum Gasteiger partial charge on any atom is -0.478 e. The van der Waals surface area contributed by atoms with Gasteiger partial charge in [0, 0.05) is 6.54 Å². The van der Waals surface area contributed by atoms with Crippen molar-refractivity contribution in [3.63, 3.8) is 0 Å². The van der Waals surface area contributed by atoms with Crippen LogP contribution < -0.4 is 10.6 Å². The van der Waals surface area contributed by atoms with E-state index in [-0.39, 0.29) is 11.3 Å². The molecule has 0 aliphatic rings. The third kappa shape index (κ3) is 3.64. The highest BCUT2D eigenvalue weighted by atomic mass is 16.4. The first kappa shape index (κ1) is 12.8. The molecule has 5 heteroatoms. The number of amides is 2. The maximum absolute atomic E-state index is 11.4. The molecule has 0 spiro atoms. The highest BCUT2D eigenvalue weighted by Crippen LogP contribution is 2.17. The number of rotatable bonds is 4. The quantitative estimate of drug-likeness (QED) is 0.697. The number of benzene rings is 1. The summed E-state index contributed by atoms with van der Waals surface area (Å²) < 4.78 is 0. The normalized spacial score (nSPS) is 9.47. The molecule has 17 heavy (non-hydrogen) atoms. The molecule has 1 aromatic carbocycles. The number of carbonyl (C=O) groups excluding carboxylic acids is 1. The molecule has 0 aliphatic carbocycles. The molecule has 0 saturated heterocycles. The number of carboxylic acids is 1. The zero-order valence-corrected chi connectivity index (χ0v) is 9.49. The molecule has 0 heterocycles. The van der Waals surface area contributed by atoms with E-state index < -0.39 is 12.0 Å². The van der Waals surface area contributed by atoms with Crippen LogP contribution in [0.2, 0.25) is 0 Å². The molecule has 0 fully saturated rings. The molecule has 2 amide bonds. The van der Waals surface area contributed by atoms with Crippen molar-refractivity contribution in [1.82, 2.24) is 5.32 Å². The molecule has 0 aromatic heterocycles. The first-order chi connectivity index (χ1) is 8.04. The molecule has 3 N–H and O–H groups in total. The Hall–Kier alpha value is -2.30. The maximum atomic E-state index is 11.4. The lowest BCUT2D eigenvalue weighted by Crippen LogP contribution is -2.29. The van der Waals surface area contributed by atoms with Crippen LogP contribution in [0, 0.1) is 6.92 Å². The maximum Gasteiger partial charge on any atom is 0.337 e. The van der Waals surface area contributed by atoms with Crippen LogP contribution in [0.1, 0.15) is 15.9 Å². The standard InChI is InChI=1S/C12H14N2O3/c1-3-6-13-12(17)14-10-5-4-8(2)7-9(10)11(15)16/h3-5,7H,1,6H2,2H3,(H,15,16)(H2,13,14,17). The third-order valence-corrected chi connectivity index (χ3v) is 2.06. The predicted octanol–water partition coefficient (Wildman–Crippen LogP) is 2.00. The van der Waals surface area contributed by atoms with Gasteiger partial charge in [-0.25, -0.2) is 9.59 Å². The average molecular weight is 234 g/mol. The number of aromatic carboxylic acids is 1. The van der Waals surface area contributed by atoms with E-state index in [1.165, 1.54) is 12.1 Å². The molecule has 0 aliphatic heterocycles. The number of hydrogen-bond acceptors (Lipinski definition) is 2. The Morgan fingerprint density at radius 2 is 2.18 bits per heavy atom. The SMILES string of the molecule is C=CCNC(=O)Nc1ccc(C)cc1C(=O)O. The number of nitrogens with one attached hydrogen (secondary N) is 2. The molecule has 0 bridgehead atoms. The van der Waals surface area contributed by atoms with Crippen molar-refractivity contribution in [3.05, 3.63) is 42.0 Å². The molecular formula is C12H14N2O3. The Kier molecular flexibility index (Phi) is 4.28. The van der Waals surface area contributed by atoms with E-state index in [9.17, 15) is 9.59 Å². The highest BCUT2D eigenvalue weighted by molar-refractivity contribution is 6.00. The summed E-state index contributed by atoms with van der Waals surface area (Å²) in [5.41, 5.74) is 1.16. The Morgan fingerprint density at radius 3 is 2.76 bits per heavy atom. The predicted molar refractivity (Wildman–Crippen MR) is 65.4 cm³/mol. The smallest absolute Gasteiger partial charge is 0.337 e. The van der Waals surface area contributed by atoms with Crippen LogP contribution in [0.3, 0.4) is 0 Å². The van der Waals surface area contributed by atoms with Crippen LogP contribution >= 0.6 is 0 Å². The van der Waals surface area contributed by atoms with Crippen LogP contribution in [-0.4, -0.2) is 23.7 Å². The summed E-state index contributed by atoms with van der Waals surface area (Å²) in [7, 11) is 0. The van der Waals surface area contributed by atoms with E-state index in [1.807, 2.05) is 0 Å². The Morgan fingerprint density at radius 1 is 1.47 bits per heavy atom. The monoisotopic (exact) mass is 234 g/mol. The summed E-state index contributed by atoms with van der Waals surface area (Å²) in [6, 6.07) is 4.34. The number of aryl methyl sites for hydroxylation is 1. The summed E-state index contributed by atoms with van der Waals surface area (Å²) in [5.74, 6) is -1.08. The minimum absolute atomic E-state index is 0.0683. The number of carboxylic acid groups (broad SMARTS) is 1. The van der Waals surface area contributed by atoms with E-state index in [4.69, 9.17) is 5.11 Å². The van der Waals surface area contributed by atoms with Crippen LogP contribution in [0.15, 0.2) is 30.9 Å². The summed E-state index contributed by atoms with van der Waals surface area (Å²) in [6.07, 6.45) is 1.53. The van der Waals surface area contributed by atoms with E-state index in [0.717, 1.165) is 5.56 Å². The fraction of sp³-hybridized carbons (Fsp3) is 0.167. The molecular weight excluding hydrogens is 220 g/mol. The summed E-state index contributed by atoms with van der Waals surface area (Å²) >= 11 is 0. The first-order valence-corrected chi connectivity index (χ1v) is 5.04. The summed E-state index contributed by atoms with van der Waals surface area (Å²) in [5, 5.41) is 14.0. The van der Waals surface area contributed by atoms with E-state index in [1.54, 1.807) is 19.1 Å². The topological polar surface area (TPSA) is 78.4 Å². The number of carbonyl (C=O) groups is 2. The molecule has 5 nitrogen and oxygen atoms in total. The van der Waals surface area contributed by atoms with Crippen molar-refractivity contribution in [2.75, 3.05) is 11.9 Å². The van der Waals surface area contributed by atoms with Crippen LogP contribution in [0.25, 0.3) is 0 Å². The van der Waals surface area contributed by atoms with Gasteiger partial charge in [0.1, 0.15) is 0 Å². The Balaban J connectivity index is 2.86. The number of urea groups is 1. The van der Waals surface area contributed by atoms with Crippen molar-refractivity contribution < 1.29 is 14.7 Å². The third-order valence-electron chi connectivity index (χ3n) is 2.06. The second-order valence-corrected chi connectivity index (χ2v) is 3.48. The van der Waals surface area contributed by atoms with Crippen molar-refractivity contribution in [3.8, 4) is 0 Å². The van der Waals surface area contributed by atoms with Crippen molar-refractivity contribution in [1.29, 1.82) is 0 Å². The molecule has 0 radical (unpaired) electrons. The summed E-state index contributed by atoms with van der Waals surface area (Å²) in [6.45, 7) is 5.57. The van der Waals surface area contributed by atoms with E-state index >= 15 is 0 Å². The lowest BCUT2D eigenvalue weighted by Gasteiger charge is -2.09. The zero-order chi connectivity index (χ0) is 12.8. The molecule has 1 rings (SSSR count). The van der Waals surface area contributed by atoms with Gasteiger partial charge in [0.15, 0.2) is 0 Å². The fourth-order valence-electron chi connectivity index (χ4n) is 1.28. The summed E-state index contributed by atoms with van der Waals surface area (Å²) in [4.78, 5) is 22.3. The van der Waals surface area contributed by atoms with E-state index in [2.05, 4.69) is 17.2 Å². The van der Waals surface area contributed by atoms with Crippen molar-refractivity contribution in [2.45, 2.75) is 6.92 Å². The second-order valence-electron chi connectivity index (χ2n) is 3.48. The average Bonchev–Trinajstić information content (AvgIpc) is 2.28. The number of anilines is 1. The minimum atomic E-state index is -1.08. The van der Waals surface area contributed by atoms with E-state index in [0.29, 0.717) is 6.54 Å². The van der Waals surface area contributed by atoms with Gasteiger partial charge in [-0.3, -0.25) is 0 Å². The van der Waals surface area contributed by atoms with Crippen molar-refractivity contribution in [2.24, 2.45) is 0 Å². The fourth-order valence-corrected chi connectivity index (χ4v) is 1.28. The van der Waals surface area contributed by atoms with Gasteiger partial charge in [-0.15, -0.1) is 6.58 Å². The van der Waals surface area contributed by atoms with Gasteiger partial charge in [0.05, 0.1) is 11.3 Å². The number of hydrogen-bond donors (Lipinski definition) is 3. The molecule has 0 atom stereocenters. The van der Waals surface area contributed by atoms with Crippen LogP contribution in [0.5, 0.6) is 0 Å². The molecule has 0 saturated carbocycles. The lowest BCUT2D eigenvalue weighted by atomic mass is 10.1.